The maximum atomic E-state index is 13.5. The van der Waals surface area contributed by atoms with Crippen LogP contribution in [-0.4, -0.2) is 5.11 Å². The largest absolute Gasteiger partial charge is 0.457 e. The Hall–Kier alpha value is -1.87. The number of rotatable bonds is 5. The van der Waals surface area contributed by atoms with Gasteiger partial charge in [0.15, 0.2) is 0 Å². The van der Waals surface area contributed by atoms with Crippen LogP contribution in [0, 0.1) is 5.82 Å². The third-order valence-electron chi connectivity index (χ3n) is 3.40. The number of hydrogen-bond acceptors (Lipinski definition) is 2. The fourth-order valence-electron chi connectivity index (χ4n) is 2.10. The highest BCUT2D eigenvalue weighted by atomic mass is 19.1. The zero-order valence-electron chi connectivity index (χ0n) is 11.8. The molecule has 0 saturated carbocycles. The maximum Gasteiger partial charge on any atom is 0.130 e. The average Bonchev–Trinajstić information content (AvgIpc) is 2.46. The molecule has 1 unspecified atom stereocenters. The summed E-state index contributed by atoms with van der Waals surface area (Å²) in [5, 5.41) is 9.11. The van der Waals surface area contributed by atoms with E-state index in [9.17, 15) is 4.39 Å². The van der Waals surface area contributed by atoms with Crippen LogP contribution >= 0.6 is 0 Å². The third kappa shape index (κ3) is 3.36. The summed E-state index contributed by atoms with van der Waals surface area (Å²) in [7, 11) is 0. The van der Waals surface area contributed by atoms with Gasteiger partial charge in [-0.3, -0.25) is 0 Å². The molecule has 20 heavy (non-hydrogen) atoms. The summed E-state index contributed by atoms with van der Waals surface area (Å²) in [6.45, 7) is 4.04. The van der Waals surface area contributed by atoms with E-state index in [0.29, 0.717) is 17.2 Å². The van der Waals surface area contributed by atoms with E-state index in [1.165, 1.54) is 12.1 Å². The van der Waals surface area contributed by atoms with E-state index in [-0.39, 0.29) is 6.61 Å². The minimum Gasteiger partial charge on any atom is -0.457 e. The lowest BCUT2D eigenvalue weighted by atomic mass is 9.98. The van der Waals surface area contributed by atoms with Crippen LogP contribution in [0.4, 0.5) is 4.39 Å². The van der Waals surface area contributed by atoms with Gasteiger partial charge in [0, 0.05) is 6.07 Å². The molecule has 0 amide bonds. The van der Waals surface area contributed by atoms with Crippen molar-refractivity contribution in [2.24, 2.45) is 0 Å². The number of aliphatic hydroxyl groups is 1. The first-order valence-corrected chi connectivity index (χ1v) is 6.81. The molecule has 2 aromatic carbocycles. The summed E-state index contributed by atoms with van der Waals surface area (Å²) in [5.74, 6) is 1.10. The van der Waals surface area contributed by atoms with Crippen molar-refractivity contribution in [1.82, 2.24) is 0 Å². The summed E-state index contributed by atoms with van der Waals surface area (Å²) in [4.78, 5) is 0. The van der Waals surface area contributed by atoms with Crippen molar-refractivity contribution in [3.63, 3.8) is 0 Å². The van der Waals surface area contributed by atoms with Crippen molar-refractivity contribution in [2.45, 2.75) is 32.8 Å². The molecule has 0 spiro atoms. The van der Waals surface area contributed by atoms with Gasteiger partial charge < -0.3 is 9.84 Å². The molecule has 0 bridgehead atoms. The fraction of sp³-hybridized carbons (Fsp3) is 0.294. The predicted octanol–water partition coefficient (Wildman–Crippen LogP) is 4.62. The zero-order valence-corrected chi connectivity index (χ0v) is 11.8. The SMILES string of the molecule is CCC(C)c1ccccc1Oc1cc(F)cc(CO)c1. The topological polar surface area (TPSA) is 29.5 Å². The molecule has 2 aromatic rings. The van der Waals surface area contributed by atoms with Gasteiger partial charge in [-0.25, -0.2) is 4.39 Å². The molecule has 0 saturated heterocycles. The quantitative estimate of drug-likeness (QED) is 0.861. The maximum absolute atomic E-state index is 13.5. The normalized spacial score (nSPS) is 12.2. The van der Waals surface area contributed by atoms with Crippen molar-refractivity contribution < 1.29 is 14.2 Å². The second-order valence-electron chi connectivity index (χ2n) is 4.90. The number of hydrogen-bond donors (Lipinski definition) is 1. The van der Waals surface area contributed by atoms with Gasteiger partial charge in [-0.2, -0.15) is 0 Å². The predicted molar refractivity (Wildman–Crippen MR) is 77.5 cm³/mol. The Bertz CT molecular complexity index is 581. The average molecular weight is 274 g/mol. The van der Waals surface area contributed by atoms with Gasteiger partial charge in [0.2, 0.25) is 0 Å². The number of para-hydroxylation sites is 1. The minimum atomic E-state index is -0.410. The van der Waals surface area contributed by atoms with E-state index >= 15 is 0 Å². The number of ether oxygens (including phenoxy) is 1. The van der Waals surface area contributed by atoms with Gasteiger partial charge in [-0.05, 0) is 41.7 Å². The van der Waals surface area contributed by atoms with Crippen molar-refractivity contribution in [3.05, 3.63) is 59.4 Å². The monoisotopic (exact) mass is 274 g/mol. The van der Waals surface area contributed by atoms with Crippen molar-refractivity contribution >= 4 is 0 Å². The second kappa shape index (κ2) is 6.53. The lowest BCUT2D eigenvalue weighted by molar-refractivity contribution is 0.280. The molecule has 0 aliphatic heterocycles. The zero-order chi connectivity index (χ0) is 14.5. The van der Waals surface area contributed by atoms with Gasteiger partial charge in [0.1, 0.15) is 17.3 Å². The Morgan fingerprint density at radius 3 is 2.65 bits per heavy atom. The number of halogens is 1. The Balaban J connectivity index is 2.32. The summed E-state index contributed by atoms with van der Waals surface area (Å²) in [5.41, 5.74) is 1.60. The van der Waals surface area contributed by atoms with Crippen molar-refractivity contribution in [3.8, 4) is 11.5 Å². The van der Waals surface area contributed by atoms with Crippen molar-refractivity contribution in [2.75, 3.05) is 0 Å². The molecular weight excluding hydrogens is 255 g/mol. The summed E-state index contributed by atoms with van der Waals surface area (Å²) < 4.78 is 19.3. The molecule has 0 heterocycles. The van der Waals surface area contributed by atoms with E-state index < -0.39 is 5.82 Å². The minimum absolute atomic E-state index is 0.207. The Labute approximate surface area is 118 Å². The number of aliphatic hydroxyl groups excluding tert-OH is 1. The first-order chi connectivity index (χ1) is 9.63. The first-order valence-electron chi connectivity index (χ1n) is 6.81. The Morgan fingerprint density at radius 1 is 1.20 bits per heavy atom. The van der Waals surface area contributed by atoms with Gasteiger partial charge in [-0.15, -0.1) is 0 Å². The molecule has 1 N–H and O–H groups in total. The van der Waals surface area contributed by atoms with Crippen LogP contribution < -0.4 is 4.74 Å². The van der Waals surface area contributed by atoms with Crippen LogP contribution in [0.2, 0.25) is 0 Å². The highest BCUT2D eigenvalue weighted by Gasteiger charge is 2.11. The molecule has 0 radical (unpaired) electrons. The smallest absolute Gasteiger partial charge is 0.130 e. The Morgan fingerprint density at radius 2 is 1.95 bits per heavy atom. The highest BCUT2D eigenvalue weighted by molar-refractivity contribution is 5.40. The van der Waals surface area contributed by atoms with Crippen LogP contribution in [0.5, 0.6) is 11.5 Å². The van der Waals surface area contributed by atoms with Gasteiger partial charge in [0.25, 0.3) is 0 Å². The lowest BCUT2D eigenvalue weighted by Crippen LogP contribution is -1.97. The van der Waals surface area contributed by atoms with Gasteiger partial charge in [0.05, 0.1) is 6.61 Å². The van der Waals surface area contributed by atoms with Crippen molar-refractivity contribution in [1.29, 1.82) is 0 Å². The van der Waals surface area contributed by atoms with Crippen LogP contribution in [0.1, 0.15) is 37.3 Å². The Kier molecular flexibility index (Phi) is 4.74. The van der Waals surface area contributed by atoms with Crippen LogP contribution in [-0.2, 0) is 6.61 Å². The van der Waals surface area contributed by atoms with E-state index in [2.05, 4.69) is 13.8 Å². The summed E-state index contributed by atoms with van der Waals surface area (Å²) in [6, 6.07) is 12.0. The van der Waals surface area contributed by atoms with E-state index in [1.54, 1.807) is 6.07 Å². The lowest BCUT2D eigenvalue weighted by Gasteiger charge is -2.15. The second-order valence-corrected chi connectivity index (χ2v) is 4.90. The van der Waals surface area contributed by atoms with Gasteiger partial charge in [-0.1, -0.05) is 32.0 Å². The molecule has 2 rings (SSSR count). The molecule has 0 fully saturated rings. The van der Waals surface area contributed by atoms with Gasteiger partial charge >= 0.3 is 0 Å². The summed E-state index contributed by atoms with van der Waals surface area (Å²) >= 11 is 0. The fourth-order valence-corrected chi connectivity index (χ4v) is 2.10. The standard InChI is InChI=1S/C17H19FO2/c1-3-12(2)16-6-4-5-7-17(16)20-15-9-13(11-19)8-14(18)10-15/h4-10,12,19H,3,11H2,1-2H3. The molecule has 0 aromatic heterocycles. The molecule has 3 heteroatoms. The molecule has 2 nitrogen and oxygen atoms in total. The van der Waals surface area contributed by atoms with Crippen LogP contribution in [0.25, 0.3) is 0 Å². The first kappa shape index (κ1) is 14.5. The molecule has 106 valence electrons. The molecule has 0 aliphatic carbocycles. The van der Waals surface area contributed by atoms with Crippen LogP contribution in [0.15, 0.2) is 42.5 Å². The van der Waals surface area contributed by atoms with E-state index in [1.807, 2.05) is 24.3 Å². The summed E-state index contributed by atoms with van der Waals surface area (Å²) in [6.07, 6.45) is 1.01. The molecule has 0 aliphatic rings. The molecular formula is C17H19FO2. The van der Waals surface area contributed by atoms with Crippen LogP contribution in [0.3, 0.4) is 0 Å². The van der Waals surface area contributed by atoms with E-state index in [4.69, 9.17) is 9.84 Å². The number of benzene rings is 2. The highest BCUT2D eigenvalue weighted by Crippen LogP contribution is 2.32. The molecule has 1 atom stereocenters. The third-order valence-corrected chi connectivity index (χ3v) is 3.40. The van der Waals surface area contributed by atoms with E-state index in [0.717, 1.165) is 17.7 Å².